The Labute approximate surface area is 55.2 Å². The standard InChI is InChI=1S/C7H12O2/c1-3-9-7(8)6-4-5(6)2/h5-6H,3-4H2,1-2H3/t5?,6-/m0/s1. The number of carbonyl (C=O) groups excluding carboxylic acids is 1. The highest BCUT2D eigenvalue weighted by molar-refractivity contribution is 5.75. The van der Waals surface area contributed by atoms with Crippen molar-refractivity contribution in [2.75, 3.05) is 6.61 Å². The second-order valence-electron chi connectivity index (χ2n) is 2.57. The minimum absolute atomic E-state index is 0.00926. The summed E-state index contributed by atoms with van der Waals surface area (Å²) in [5, 5.41) is 0. The van der Waals surface area contributed by atoms with Crippen LogP contribution in [-0.4, -0.2) is 12.6 Å². The Hall–Kier alpha value is -0.530. The molecule has 2 atom stereocenters. The van der Waals surface area contributed by atoms with Gasteiger partial charge in [0.2, 0.25) is 0 Å². The molecular weight excluding hydrogens is 116 g/mol. The second-order valence-corrected chi connectivity index (χ2v) is 2.57. The third-order valence-corrected chi connectivity index (χ3v) is 1.70. The molecule has 0 aromatic carbocycles. The Kier molecular flexibility index (Phi) is 1.74. The molecule has 9 heavy (non-hydrogen) atoms. The second kappa shape index (κ2) is 2.38. The molecule has 0 amide bonds. The fourth-order valence-corrected chi connectivity index (χ4v) is 0.900. The van der Waals surface area contributed by atoms with Crippen molar-refractivity contribution in [3.05, 3.63) is 0 Å². The molecule has 0 radical (unpaired) electrons. The van der Waals surface area contributed by atoms with Crippen molar-refractivity contribution >= 4 is 5.97 Å². The molecule has 2 nitrogen and oxygen atoms in total. The summed E-state index contributed by atoms with van der Waals surface area (Å²) in [6.45, 7) is 4.43. The van der Waals surface area contributed by atoms with Gasteiger partial charge in [0.05, 0.1) is 12.5 Å². The van der Waals surface area contributed by atoms with Crippen LogP contribution in [0, 0.1) is 11.8 Å². The lowest BCUT2D eigenvalue weighted by atomic mass is 10.3. The minimum atomic E-state index is -0.00926. The maximum Gasteiger partial charge on any atom is 0.309 e. The van der Waals surface area contributed by atoms with Gasteiger partial charge in [0.15, 0.2) is 0 Å². The van der Waals surface area contributed by atoms with Gasteiger partial charge in [-0.05, 0) is 19.3 Å². The van der Waals surface area contributed by atoms with Gasteiger partial charge < -0.3 is 4.74 Å². The third-order valence-electron chi connectivity index (χ3n) is 1.70. The predicted molar refractivity (Wildman–Crippen MR) is 33.9 cm³/mol. The van der Waals surface area contributed by atoms with Crippen LogP contribution in [0.3, 0.4) is 0 Å². The average molecular weight is 128 g/mol. The van der Waals surface area contributed by atoms with Crippen molar-refractivity contribution in [2.24, 2.45) is 11.8 Å². The molecule has 1 fully saturated rings. The van der Waals surface area contributed by atoms with E-state index in [1.165, 1.54) is 0 Å². The number of carbonyl (C=O) groups is 1. The van der Waals surface area contributed by atoms with Crippen LogP contribution in [0.1, 0.15) is 20.3 Å². The van der Waals surface area contributed by atoms with Gasteiger partial charge in [-0.2, -0.15) is 0 Å². The van der Waals surface area contributed by atoms with Crippen LogP contribution in [0.15, 0.2) is 0 Å². The molecule has 0 N–H and O–H groups in total. The van der Waals surface area contributed by atoms with Crippen molar-refractivity contribution < 1.29 is 9.53 Å². The van der Waals surface area contributed by atoms with Crippen LogP contribution in [-0.2, 0) is 9.53 Å². The third kappa shape index (κ3) is 1.44. The van der Waals surface area contributed by atoms with Gasteiger partial charge in [-0.15, -0.1) is 0 Å². The van der Waals surface area contributed by atoms with Crippen LogP contribution in [0.2, 0.25) is 0 Å². The Balaban J connectivity index is 2.20. The highest BCUT2D eigenvalue weighted by Gasteiger charge is 2.40. The van der Waals surface area contributed by atoms with Crippen LogP contribution >= 0.6 is 0 Å². The normalized spacial score (nSPS) is 31.8. The Morgan fingerprint density at radius 3 is 2.67 bits per heavy atom. The lowest BCUT2D eigenvalue weighted by Gasteiger charge is -1.96. The molecule has 52 valence electrons. The van der Waals surface area contributed by atoms with E-state index in [1.807, 2.05) is 6.92 Å². The average Bonchev–Trinajstić information content (AvgIpc) is 2.47. The van der Waals surface area contributed by atoms with Crippen LogP contribution in [0.4, 0.5) is 0 Å². The molecule has 0 bridgehead atoms. The van der Waals surface area contributed by atoms with Crippen molar-refractivity contribution in [2.45, 2.75) is 20.3 Å². The fraction of sp³-hybridized carbons (Fsp3) is 0.857. The summed E-state index contributed by atoms with van der Waals surface area (Å²) in [5.74, 6) is 0.791. The molecule has 0 heterocycles. The molecule has 0 aromatic heterocycles. The summed E-state index contributed by atoms with van der Waals surface area (Å²) in [6.07, 6.45) is 1.03. The lowest BCUT2D eigenvalue weighted by molar-refractivity contribution is -0.144. The lowest BCUT2D eigenvalue weighted by Crippen LogP contribution is -2.06. The molecule has 2 heteroatoms. The van der Waals surface area contributed by atoms with Gasteiger partial charge in [-0.3, -0.25) is 4.79 Å². The van der Waals surface area contributed by atoms with E-state index < -0.39 is 0 Å². The first-order valence-corrected chi connectivity index (χ1v) is 3.42. The van der Waals surface area contributed by atoms with Crippen LogP contribution in [0.25, 0.3) is 0 Å². The molecule has 1 saturated carbocycles. The van der Waals surface area contributed by atoms with Crippen LogP contribution in [0.5, 0.6) is 0 Å². The summed E-state index contributed by atoms with van der Waals surface area (Å²) < 4.78 is 4.80. The molecular formula is C7H12O2. The fourth-order valence-electron chi connectivity index (χ4n) is 0.900. The molecule has 1 unspecified atom stereocenters. The van der Waals surface area contributed by atoms with E-state index in [4.69, 9.17) is 4.74 Å². The molecule has 0 aliphatic heterocycles. The monoisotopic (exact) mass is 128 g/mol. The van der Waals surface area contributed by atoms with Crippen molar-refractivity contribution in [1.82, 2.24) is 0 Å². The van der Waals surface area contributed by atoms with Crippen molar-refractivity contribution in [3.63, 3.8) is 0 Å². The zero-order chi connectivity index (χ0) is 6.85. The maximum atomic E-state index is 10.8. The van der Waals surface area contributed by atoms with Gasteiger partial charge in [-0.25, -0.2) is 0 Å². The SMILES string of the molecule is CCOC(=O)[C@H]1CC1C. The summed E-state index contributed by atoms with van der Waals surface area (Å²) in [4.78, 5) is 10.8. The van der Waals surface area contributed by atoms with E-state index in [1.54, 1.807) is 0 Å². The summed E-state index contributed by atoms with van der Waals surface area (Å²) in [6, 6.07) is 0. The number of hydrogen-bond acceptors (Lipinski definition) is 2. The van der Waals surface area contributed by atoms with E-state index in [2.05, 4.69) is 6.92 Å². The summed E-state index contributed by atoms with van der Waals surface area (Å²) in [7, 11) is 0. The van der Waals surface area contributed by atoms with Gasteiger partial charge in [-0.1, -0.05) is 6.92 Å². The number of hydrogen-bond donors (Lipinski definition) is 0. The quantitative estimate of drug-likeness (QED) is 0.522. The maximum absolute atomic E-state index is 10.8. The summed E-state index contributed by atoms with van der Waals surface area (Å²) >= 11 is 0. The number of esters is 1. The zero-order valence-corrected chi connectivity index (χ0v) is 5.89. The Bertz CT molecular complexity index is 120. The van der Waals surface area contributed by atoms with Crippen molar-refractivity contribution in [1.29, 1.82) is 0 Å². The molecule has 1 aliphatic rings. The van der Waals surface area contributed by atoms with E-state index >= 15 is 0 Å². The minimum Gasteiger partial charge on any atom is -0.466 e. The van der Waals surface area contributed by atoms with E-state index in [-0.39, 0.29) is 11.9 Å². The molecule has 0 saturated heterocycles. The number of rotatable bonds is 2. The van der Waals surface area contributed by atoms with Crippen molar-refractivity contribution in [3.8, 4) is 0 Å². The van der Waals surface area contributed by atoms with E-state index in [9.17, 15) is 4.79 Å². The number of ether oxygens (including phenoxy) is 1. The molecule has 0 aromatic rings. The highest BCUT2D eigenvalue weighted by Crippen LogP contribution is 2.38. The summed E-state index contributed by atoms with van der Waals surface area (Å²) in [5.41, 5.74) is 0. The molecule has 1 aliphatic carbocycles. The zero-order valence-electron chi connectivity index (χ0n) is 5.89. The smallest absolute Gasteiger partial charge is 0.309 e. The predicted octanol–water partition coefficient (Wildman–Crippen LogP) is 1.21. The van der Waals surface area contributed by atoms with Gasteiger partial charge in [0.25, 0.3) is 0 Å². The first-order valence-electron chi connectivity index (χ1n) is 3.42. The first kappa shape index (κ1) is 6.59. The topological polar surface area (TPSA) is 26.3 Å². The molecule has 0 spiro atoms. The van der Waals surface area contributed by atoms with Gasteiger partial charge in [0.1, 0.15) is 0 Å². The Morgan fingerprint density at radius 2 is 2.33 bits per heavy atom. The largest absolute Gasteiger partial charge is 0.466 e. The van der Waals surface area contributed by atoms with E-state index in [0.717, 1.165) is 6.42 Å². The van der Waals surface area contributed by atoms with Gasteiger partial charge >= 0.3 is 5.97 Å². The highest BCUT2D eigenvalue weighted by atomic mass is 16.5. The Morgan fingerprint density at radius 1 is 1.78 bits per heavy atom. The van der Waals surface area contributed by atoms with Gasteiger partial charge in [0, 0.05) is 0 Å². The van der Waals surface area contributed by atoms with E-state index in [0.29, 0.717) is 12.5 Å². The molecule has 1 rings (SSSR count). The first-order chi connectivity index (χ1) is 4.25. The van der Waals surface area contributed by atoms with Crippen LogP contribution < -0.4 is 0 Å².